The van der Waals surface area contributed by atoms with Gasteiger partial charge in [-0.05, 0) is 43.0 Å². The van der Waals surface area contributed by atoms with Gasteiger partial charge in [0.2, 0.25) is 0 Å². The van der Waals surface area contributed by atoms with Crippen LogP contribution >= 0.6 is 11.6 Å². The number of carbonyl (C=O) groups excluding carboxylic acids is 1. The molecule has 3 aromatic rings. The number of rotatable bonds is 8. The summed E-state index contributed by atoms with van der Waals surface area (Å²) in [7, 11) is 0. The predicted molar refractivity (Wildman–Crippen MR) is 128 cm³/mol. The number of carbonyl (C=O) groups is 1. The molecule has 8 nitrogen and oxygen atoms in total. The highest BCUT2D eigenvalue weighted by Gasteiger charge is 2.18. The first-order valence-corrected chi connectivity index (χ1v) is 11.6. The number of hydrogen-bond donors (Lipinski definition) is 1. The molecule has 34 heavy (non-hydrogen) atoms. The lowest BCUT2D eigenvalue weighted by atomic mass is 10.0. The van der Waals surface area contributed by atoms with Crippen LogP contribution in [-0.2, 0) is 19.7 Å². The van der Waals surface area contributed by atoms with Crippen LogP contribution in [0.3, 0.4) is 0 Å². The third kappa shape index (κ3) is 6.28. The summed E-state index contributed by atoms with van der Waals surface area (Å²) < 4.78 is 6.70. The number of Topliss-reactive ketones (excluding diaryl/α,β-unsaturated/α-hetero) is 1. The number of aromatic nitrogens is 3. The van der Waals surface area contributed by atoms with E-state index in [4.69, 9.17) is 16.3 Å². The topological polar surface area (TPSA) is 97.6 Å². The summed E-state index contributed by atoms with van der Waals surface area (Å²) >= 11 is 5.82. The number of likely N-dealkylation sites (tertiary alicyclic amines) is 1. The molecule has 1 aliphatic heterocycles. The van der Waals surface area contributed by atoms with Crippen LogP contribution in [0, 0.1) is 6.92 Å². The normalized spacial score (nSPS) is 14.8. The number of aryl methyl sites for hydroxylation is 1. The van der Waals surface area contributed by atoms with Crippen LogP contribution in [0.25, 0.3) is 0 Å². The minimum absolute atomic E-state index is 0.151. The SMILES string of the molecule is Cc1cc(CN2CCC(O)CC2)ccc1C(=O)Cn1ncc(OCc2ccc(Cl)cn2)cc1=O. The molecule has 0 saturated carbocycles. The zero-order valence-corrected chi connectivity index (χ0v) is 19.7. The second kappa shape index (κ2) is 10.9. The molecule has 0 amide bonds. The molecular formula is C25H27ClN4O4. The van der Waals surface area contributed by atoms with Gasteiger partial charge in [-0.15, -0.1) is 0 Å². The molecule has 0 spiro atoms. The molecule has 1 fully saturated rings. The van der Waals surface area contributed by atoms with Crippen molar-refractivity contribution in [1.29, 1.82) is 0 Å². The number of halogens is 1. The summed E-state index contributed by atoms with van der Waals surface area (Å²) in [4.78, 5) is 31.8. The summed E-state index contributed by atoms with van der Waals surface area (Å²) in [6, 6.07) is 10.5. The average molecular weight is 483 g/mol. The van der Waals surface area contributed by atoms with E-state index in [1.165, 1.54) is 18.5 Å². The number of nitrogens with zero attached hydrogens (tertiary/aromatic N) is 4. The lowest BCUT2D eigenvalue weighted by Crippen LogP contribution is -2.35. The smallest absolute Gasteiger partial charge is 0.270 e. The molecule has 0 atom stereocenters. The predicted octanol–water partition coefficient (Wildman–Crippen LogP) is 3.02. The van der Waals surface area contributed by atoms with Crippen LogP contribution < -0.4 is 10.3 Å². The molecule has 178 valence electrons. The van der Waals surface area contributed by atoms with Gasteiger partial charge in [0.15, 0.2) is 5.78 Å². The third-order valence-corrected chi connectivity index (χ3v) is 6.09. The number of piperidine rings is 1. The van der Waals surface area contributed by atoms with E-state index in [0.29, 0.717) is 22.0 Å². The van der Waals surface area contributed by atoms with Crippen molar-refractivity contribution in [3.8, 4) is 5.75 Å². The standard InChI is InChI=1S/C25H27ClN4O4/c1-17-10-18(14-29-8-6-21(31)7-9-29)2-5-23(17)24(32)15-30-25(33)11-22(13-28-30)34-16-20-4-3-19(26)12-27-20/h2-5,10-13,21,31H,6-9,14-16H2,1H3. The Morgan fingerprint density at radius 2 is 1.97 bits per heavy atom. The molecule has 1 aromatic carbocycles. The Hall–Kier alpha value is -3.07. The molecule has 0 unspecified atom stereocenters. The third-order valence-electron chi connectivity index (χ3n) is 5.87. The van der Waals surface area contributed by atoms with Crippen molar-refractivity contribution >= 4 is 17.4 Å². The van der Waals surface area contributed by atoms with Crippen LogP contribution in [0.1, 0.15) is 40.0 Å². The molecular weight excluding hydrogens is 456 g/mol. The molecule has 2 aromatic heterocycles. The van der Waals surface area contributed by atoms with Crippen LogP contribution in [0.4, 0.5) is 0 Å². The Morgan fingerprint density at radius 1 is 1.18 bits per heavy atom. The largest absolute Gasteiger partial charge is 0.485 e. The quantitative estimate of drug-likeness (QED) is 0.493. The number of aliphatic hydroxyl groups is 1. The number of benzene rings is 1. The molecule has 9 heteroatoms. The summed E-state index contributed by atoms with van der Waals surface area (Å²) in [6.45, 7) is 4.44. The summed E-state index contributed by atoms with van der Waals surface area (Å²) in [6.07, 6.45) is 4.32. The van der Waals surface area contributed by atoms with Gasteiger partial charge >= 0.3 is 0 Å². The van der Waals surface area contributed by atoms with Gasteiger partial charge < -0.3 is 9.84 Å². The van der Waals surface area contributed by atoms with Crippen molar-refractivity contribution in [2.45, 2.75) is 45.6 Å². The zero-order valence-electron chi connectivity index (χ0n) is 19.0. The molecule has 0 bridgehead atoms. The summed E-state index contributed by atoms with van der Waals surface area (Å²) in [5.74, 6) is 0.120. The van der Waals surface area contributed by atoms with Gasteiger partial charge in [0.05, 0.1) is 23.0 Å². The minimum atomic E-state index is -0.420. The van der Waals surface area contributed by atoms with Crippen LogP contribution in [0.5, 0.6) is 5.75 Å². The van der Waals surface area contributed by atoms with E-state index < -0.39 is 5.56 Å². The van der Waals surface area contributed by atoms with Crippen molar-refractivity contribution in [3.05, 3.63) is 86.6 Å². The van der Waals surface area contributed by atoms with E-state index in [0.717, 1.165) is 48.3 Å². The van der Waals surface area contributed by atoms with Crippen LogP contribution in [0.15, 0.2) is 53.6 Å². The highest BCUT2D eigenvalue weighted by molar-refractivity contribution is 6.30. The zero-order chi connectivity index (χ0) is 24.1. The molecule has 3 heterocycles. The molecule has 1 N–H and O–H groups in total. The monoisotopic (exact) mass is 482 g/mol. The number of ketones is 1. The van der Waals surface area contributed by atoms with Crippen molar-refractivity contribution < 1.29 is 14.6 Å². The van der Waals surface area contributed by atoms with Gasteiger partial charge in [-0.2, -0.15) is 5.10 Å². The van der Waals surface area contributed by atoms with Crippen LogP contribution in [0.2, 0.25) is 5.02 Å². The van der Waals surface area contributed by atoms with Gasteiger partial charge in [0.1, 0.15) is 18.9 Å². The first-order chi connectivity index (χ1) is 16.4. The number of hydrogen-bond acceptors (Lipinski definition) is 7. The molecule has 0 aliphatic carbocycles. The number of pyridine rings is 1. The van der Waals surface area contributed by atoms with E-state index in [1.54, 1.807) is 12.1 Å². The second-order valence-corrected chi connectivity index (χ2v) is 8.96. The van der Waals surface area contributed by atoms with E-state index >= 15 is 0 Å². The Labute approximate surface area is 202 Å². The van der Waals surface area contributed by atoms with Crippen molar-refractivity contribution in [2.75, 3.05) is 13.1 Å². The lowest BCUT2D eigenvalue weighted by Gasteiger charge is -2.29. The maximum atomic E-state index is 12.9. The molecule has 4 rings (SSSR count). The van der Waals surface area contributed by atoms with Crippen LogP contribution in [-0.4, -0.2) is 49.7 Å². The number of ether oxygens (including phenoxy) is 1. The van der Waals surface area contributed by atoms with Gasteiger partial charge in [-0.1, -0.05) is 29.8 Å². The minimum Gasteiger partial charge on any atom is -0.485 e. The highest BCUT2D eigenvalue weighted by atomic mass is 35.5. The van der Waals surface area contributed by atoms with Gasteiger partial charge in [0.25, 0.3) is 5.56 Å². The highest BCUT2D eigenvalue weighted by Crippen LogP contribution is 2.17. The Kier molecular flexibility index (Phi) is 7.72. The van der Waals surface area contributed by atoms with Gasteiger partial charge in [-0.3, -0.25) is 19.5 Å². The Bertz CT molecular complexity index is 1200. The fourth-order valence-corrected chi connectivity index (χ4v) is 4.07. The Balaban J connectivity index is 1.36. The van der Waals surface area contributed by atoms with Crippen molar-refractivity contribution in [1.82, 2.24) is 19.7 Å². The van der Waals surface area contributed by atoms with E-state index in [9.17, 15) is 14.7 Å². The average Bonchev–Trinajstić information content (AvgIpc) is 2.82. The molecule has 1 aliphatic rings. The van der Waals surface area contributed by atoms with E-state index in [2.05, 4.69) is 15.0 Å². The van der Waals surface area contributed by atoms with Gasteiger partial charge in [-0.25, -0.2) is 4.68 Å². The summed E-state index contributed by atoms with van der Waals surface area (Å²) in [5, 5.41) is 14.3. The molecule has 0 radical (unpaired) electrons. The maximum Gasteiger partial charge on any atom is 0.270 e. The van der Waals surface area contributed by atoms with E-state index in [1.807, 2.05) is 25.1 Å². The lowest BCUT2D eigenvalue weighted by molar-refractivity contribution is 0.0792. The fourth-order valence-electron chi connectivity index (χ4n) is 3.96. The van der Waals surface area contributed by atoms with Crippen molar-refractivity contribution in [3.63, 3.8) is 0 Å². The first-order valence-electron chi connectivity index (χ1n) is 11.2. The second-order valence-electron chi connectivity index (χ2n) is 8.52. The van der Waals surface area contributed by atoms with Gasteiger partial charge in [0, 0.05) is 37.5 Å². The number of aliphatic hydroxyl groups excluding tert-OH is 1. The maximum absolute atomic E-state index is 12.9. The first kappa shape index (κ1) is 24.1. The van der Waals surface area contributed by atoms with Crippen molar-refractivity contribution in [2.24, 2.45) is 0 Å². The molecule has 1 saturated heterocycles. The van der Waals surface area contributed by atoms with E-state index in [-0.39, 0.29) is 25.0 Å². The Morgan fingerprint density at radius 3 is 2.65 bits per heavy atom. The fraction of sp³-hybridized carbons (Fsp3) is 0.360. The summed E-state index contributed by atoms with van der Waals surface area (Å²) in [5.41, 5.74) is 2.80.